The van der Waals surface area contributed by atoms with Crippen molar-refractivity contribution in [2.45, 2.75) is 32.0 Å². The first-order valence-electron chi connectivity index (χ1n) is 10.2. The number of halogens is 4. The van der Waals surface area contributed by atoms with E-state index in [1.54, 1.807) is 43.6 Å². The molecule has 1 aliphatic heterocycles. The van der Waals surface area contributed by atoms with Crippen molar-refractivity contribution in [3.63, 3.8) is 0 Å². The summed E-state index contributed by atoms with van der Waals surface area (Å²) in [6, 6.07) is 1.99. The molecule has 0 aliphatic carbocycles. The first kappa shape index (κ1) is 24.1. The Hall–Kier alpha value is -3.56. The van der Waals surface area contributed by atoms with Gasteiger partial charge in [0.15, 0.2) is 11.6 Å². The first-order valence-corrected chi connectivity index (χ1v) is 10.2. The normalized spacial score (nSPS) is 17.3. The molecule has 1 atom stereocenters. The Balaban J connectivity index is 1.75. The molecule has 0 N–H and O–H groups in total. The van der Waals surface area contributed by atoms with Gasteiger partial charge in [0, 0.05) is 36.3 Å². The Labute approximate surface area is 188 Å². The van der Waals surface area contributed by atoms with Crippen LogP contribution in [0.25, 0.3) is 5.57 Å². The largest absolute Gasteiger partial charge is 0.470 e. The average Bonchev–Trinajstić information content (AvgIpc) is 2.80. The van der Waals surface area contributed by atoms with Gasteiger partial charge in [0.2, 0.25) is 0 Å². The third-order valence-electron chi connectivity index (χ3n) is 4.92. The Morgan fingerprint density at radius 1 is 1.27 bits per heavy atom. The number of nitrogens with zero attached hydrogens (tertiary/aromatic N) is 4. The van der Waals surface area contributed by atoms with Crippen molar-refractivity contribution < 1.29 is 27.1 Å². The molecule has 1 fully saturated rings. The predicted octanol–water partition coefficient (Wildman–Crippen LogP) is 4.62. The van der Waals surface area contributed by atoms with Gasteiger partial charge in [0.25, 0.3) is 11.8 Å². The van der Waals surface area contributed by atoms with Crippen LogP contribution in [-0.4, -0.2) is 45.0 Å². The van der Waals surface area contributed by atoms with Gasteiger partial charge < -0.3 is 9.64 Å². The monoisotopic (exact) mass is 462 g/mol. The quantitative estimate of drug-likeness (QED) is 0.356. The highest BCUT2D eigenvalue weighted by molar-refractivity contribution is 6.08. The number of likely N-dealkylation sites (tertiary alicyclic amines) is 1. The Kier molecular flexibility index (Phi) is 7.57. The van der Waals surface area contributed by atoms with Crippen molar-refractivity contribution in [1.29, 1.82) is 0 Å². The van der Waals surface area contributed by atoms with Crippen LogP contribution >= 0.6 is 0 Å². The van der Waals surface area contributed by atoms with Gasteiger partial charge in [-0.15, -0.1) is 0 Å². The molecule has 6 nitrogen and oxygen atoms in total. The van der Waals surface area contributed by atoms with Crippen LogP contribution in [0.1, 0.15) is 31.2 Å². The molecular formula is C23H22F4N4O2. The maximum absolute atomic E-state index is 14.1. The minimum atomic E-state index is -4.71. The molecule has 0 aromatic carbocycles. The molecule has 0 bridgehead atoms. The molecule has 1 saturated heterocycles. The minimum Gasteiger partial charge on any atom is -0.470 e. The third-order valence-corrected chi connectivity index (χ3v) is 4.92. The number of hydrogen-bond donors (Lipinski definition) is 0. The van der Waals surface area contributed by atoms with Crippen LogP contribution in [0.15, 0.2) is 61.1 Å². The van der Waals surface area contributed by atoms with E-state index >= 15 is 0 Å². The van der Waals surface area contributed by atoms with Gasteiger partial charge in [-0.3, -0.25) is 4.79 Å². The number of alkyl halides is 3. The molecule has 10 heteroatoms. The molecule has 1 unspecified atom stereocenters. The van der Waals surface area contributed by atoms with Crippen molar-refractivity contribution >= 4 is 11.5 Å². The van der Waals surface area contributed by atoms with Gasteiger partial charge in [-0.1, -0.05) is 18.7 Å². The highest BCUT2D eigenvalue weighted by atomic mass is 19.4. The SMILES string of the molecule is C=C(/C(=C\C=C/C)C(=O)N1CCCC(Oc2ncc(C(F)(F)F)cc2F)C1)c1ncccn1. The second kappa shape index (κ2) is 10.4. The van der Waals surface area contributed by atoms with Gasteiger partial charge in [0.05, 0.1) is 12.1 Å². The fraction of sp³-hybridized carbons (Fsp3) is 0.304. The van der Waals surface area contributed by atoms with Crippen molar-refractivity contribution in [3.8, 4) is 5.88 Å². The van der Waals surface area contributed by atoms with E-state index in [2.05, 4.69) is 21.5 Å². The number of allylic oxidation sites excluding steroid dienone is 3. The summed E-state index contributed by atoms with van der Waals surface area (Å²) >= 11 is 0. The summed E-state index contributed by atoms with van der Waals surface area (Å²) in [6.07, 6.45) is 4.38. The molecular weight excluding hydrogens is 440 g/mol. The predicted molar refractivity (Wildman–Crippen MR) is 113 cm³/mol. The second-order valence-electron chi connectivity index (χ2n) is 7.30. The maximum Gasteiger partial charge on any atom is 0.417 e. The highest BCUT2D eigenvalue weighted by Gasteiger charge is 2.33. The summed E-state index contributed by atoms with van der Waals surface area (Å²) in [4.78, 5) is 26.6. The number of piperidine rings is 1. The fourth-order valence-corrected chi connectivity index (χ4v) is 3.28. The summed E-state index contributed by atoms with van der Waals surface area (Å²) in [7, 11) is 0. The Morgan fingerprint density at radius 3 is 2.64 bits per heavy atom. The number of carbonyl (C=O) groups is 1. The van der Waals surface area contributed by atoms with E-state index in [0.717, 1.165) is 0 Å². The number of hydrogen-bond acceptors (Lipinski definition) is 5. The molecule has 3 rings (SSSR count). The lowest BCUT2D eigenvalue weighted by atomic mass is 10.0. The van der Waals surface area contributed by atoms with Crippen LogP contribution in [0.5, 0.6) is 5.88 Å². The molecule has 1 aliphatic rings. The smallest absolute Gasteiger partial charge is 0.417 e. The summed E-state index contributed by atoms with van der Waals surface area (Å²) in [5.41, 5.74) is -0.566. The van der Waals surface area contributed by atoms with Gasteiger partial charge >= 0.3 is 6.18 Å². The van der Waals surface area contributed by atoms with E-state index in [9.17, 15) is 22.4 Å². The first-order chi connectivity index (χ1) is 15.7. The van der Waals surface area contributed by atoms with E-state index in [0.29, 0.717) is 48.6 Å². The van der Waals surface area contributed by atoms with E-state index in [1.165, 1.54) is 4.90 Å². The number of amides is 1. The molecule has 174 valence electrons. The summed E-state index contributed by atoms with van der Waals surface area (Å²) in [5.74, 6) is -1.77. The van der Waals surface area contributed by atoms with E-state index in [4.69, 9.17) is 4.74 Å². The topological polar surface area (TPSA) is 68.2 Å². The number of rotatable bonds is 6. The molecule has 3 heterocycles. The fourth-order valence-electron chi connectivity index (χ4n) is 3.28. The van der Waals surface area contributed by atoms with Crippen molar-refractivity contribution in [3.05, 3.63) is 78.3 Å². The maximum atomic E-state index is 14.1. The van der Waals surface area contributed by atoms with Crippen LogP contribution < -0.4 is 4.74 Å². The standard InChI is InChI=1S/C23H22F4N4O2/c1-3-4-8-18(15(2)20-28-9-6-10-29-20)22(32)31-11-5-7-17(14-31)33-21-19(24)12-16(13-30-21)23(25,26)27/h3-4,6,8-10,12-13,17H,2,5,7,11,14H2,1H3/b4-3-,18-8+. The zero-order valence-electron chi connectivity index (χ0n) is 17.8. The van der Waals surface area contributed by atoms with Gasteiger partial charge in [-0.2, -0.15) is 13.2 Å². The lowest BCUT2D eigenvalue weighted by Crippen LogP contribution is -2.45. The zero-order valence-corrected chi connectivity index (χ0v) is 17.8. The van der Waals surface area contributed by atoms with Crippen LogP contribution in [0.4, 0.5) is 17.6 Å². The highest BCUT2D eigenvalue weighted by Crippen LogP contribution is 2.31. The van der Waals surface area contributed by atoms with E-state index in [1.807, 2.05) is 0 Å². The van der Waals surface area contributed by atoms with Gasteiger partial charge in [0.1, 0.15) is 6.10 Å². The van der Waals surface area contributed by atoms with Crippen LogP contribution in [-0.2, 0) is 11.0 Å². The molecule has 2 aromatic heterocycles. The Bertz CT molecular complexity index is 1070. The molecule has 0 radical (unpaired) electrons. The van der Waals surface area contributed by atoms with E-state index in [-0.39, 0.29) is 12.5 Å². The van der Waals surface area contributed by atoms with Gasteiger partial charge in [-0.25, -0.2) is 19.3 Å². The van der Waals surface area contributed by atoms with E-state index < -0.39 is 29.5 Å². The molecule has 0 saturated carbocycles. The number of carbonyl (C=O) groups excluding carboxylic acids is 1. The second-order valence-corrected chi connectivity index (χ2v) is 7.30. The van der Waals surface area contributed by atoms with Crippen LogP contribution in [0.3, 0.4) is 0 Å². The Morgan fingerprint density at radius 2 is 2.00 bits per heavy atom. The molecule has 2 aromatic rings. The van der Waals surface area contributed by atoms with Crippen LogP contribution in [0.2, 0.25) is 0 Å². The average molecular weight is 462 g/mol. The minimum absolute atomic E-state index is 0.108. The van der Waals surface area contributed by atoms with Crippen molar-refractivity contribution in [2.75, 3.05) is 13.1 Å². The van der Waals surface area contributed by atoms with Crippen LogP contribution in [0, 0.1) is 5.82 Å². The number of pyridine rings is 1. The number of aromatic nitrogens is 3. The number of ether oxygens (including phenoxy) is 1. The zero-order chi connectivity index (χ0) is 24.0. The lowest BCUT2D eigenvalue weighted by molar-refractivity contribution is -0.138. The van der Waals surface area contributed by atoms with Crippen molar-refractivity contribution in [1.82, 2.24) is 19.9 Å². The molecule has 33 heavy (non-hydrogen) atoms. The summed E-state index contributed by atoms with van der Waals surface area (Å²) < 4.78 is 57.9. The molecule has 1 amide bonds. The van der Waals surface area contributed by atoms with Crippen molar-refractivity contribution in [2.24, 2.45) is 0 Å². The summed E-state index contributed by atoms with van der Waals surface area (Å²) in [6.45, 7) is 6.30. The third kappa shape index (κ3) is 6.03. The molecule has 0 spiro atoms. The van der Waals surface area contributed by atoms with Gasteiger partial charge in [-0.05, 0) is 38.0 Å². The lowest BCUT2D eigenvalue weighted by Gasteiger charge is -2.33. The summed E-state index contributed by atoms with van der Waals surface area (Å²) in [5, 5.41) is 0.